The largest absolute Gasteiger partial charge is 0.310 e. The van der Waals surface area contributed by atoms with E-state index >= 15 is 0 Å². The van der Waals surface area contributed by atoms with Crippen LogP contribution in [0.2, 0.25) is 0 Å². The lowest BCUT2D eigenvalue weighted by atomic mass is 9.72. The molecule has 0 atom stereocenters. The summed E-state index contributed by atoms with van der Waals surface area (Å²) in [6.07, 6.45) is 3.19. The minimum absolute atomic E-state index is 0.0460. The molecule has 0 spiro atoms. The predicted octanol–water partition coefficient (Wildman–Crippen LogP) is 8.52. The zero-order valence-corrected chi connectivity index (χ0v) is 20.0. The number of benzene rings is 3. The number of hydrogen-bond donors (Lipinski definition) is 0. The number of nitrogens with zero attached hydrogens (tertiary/aromatic N) is 2. The van der Waals surface area contributed by atoms with Gasteiger partial charge >= 0.3 is 0 Å². The van der Waals surface area contributed by atoms with Crippen molar-refractivity contribution in [3.8, 4) is 0 Å². The van der Waals surface area contributed by atoms with E-state index in [0.717, 1.165) is 12.1 Å². The molecular weight excluding hydrogens is 388 g/mol. The van der Waals surface area contributed by atoms with E-state index in [1.54, 1.807) is 0 Å². The maximum Gasteiger partial charge on any atom is 0.0675 e. The molecule has 0 unspecified atom stereocenters. The van der Waals surface area contributed by atoms with Gasteiger partial charge in [0.25, 0.3) is 0 Å². The van der Waals surface area contributed by atoms with Gasteiger partial charge in [-0.25, -0.2) is 0 Å². The van der Waals surface area contributed by atoms with Crippen molar-refractivity contribution in [2.24, 2.45) is 4.99 Å². The average Bonchev–Trinajstić information content (AvgIpc) is 2.79. The van der Waals surface area contributed by atoms with Crippen LogP contribution >= 0.6 is 0 Å². The van der Waals surface area contributed by atoms with E-state index < -0.39 is 0 Å². The van der Waals surface area contributed by atoms with E-state index in [1.165, 1.54) is 45.0 Å². The molecule has 3 aromatic rings. The van der Waals surface area contributed by atoms with E-state index in [9.17, 15) is 0 Å². The molecule has 162 valence electrons. The van der Waals surface area contributed by atoms with Crippen LogP contribution in [0.15, 0.2) is 83.4 Å². The summed E-state index contributed by atoms with van der Waals surface area (Å²) in [7, 11) is 0. The van der Waals surface area contributed by atoms with Gasteiger partial charge in [0.05, 0.1) is 17.1 Å². The summed E-state index contributed by atoms with van der Waals surface area (Å²) in [6, 6.07) is 24.5. The van der Waals surface area contributed by atoms with Crippen molar-refractivity contribution >= 4 is 28.5 Å². The molecule has 0 saturated carbocycles. The summed E-state index contributed by atoms with van der Waals surface area (Å²) in [5, 5.41) is 0. The van der Waals surface area contributed by atoms with Gasteiger partial charge in [0.2, 0.25) is 0 Å². The van der Waals surface area contributed by atoms with Crippen molar-refractivity contribution in [1.82, 2.24) is 0 Å². The zero-order chi connectivity index (χ0) is 22.7. The molecule has 0 N–H and O–H groups in total. The van der Waals surface area contributed by atoms with Crippen LogP contribution in [-0.2, 0) is 10.8 Å². The Bertz CT molecular complexity index is 1220. The van der Waals surface area contributed by atoms with E-state index in [-0.39, 0.29) is 10.8 Å². The minimum atomic E-state index is -0.0821. The number of fused-ring (bicyclic) bond motifs is 3. The number of para-hydroxylation sites is 2. The first-order valence-electron chi connectivity index (χ1n) is 11.7. The molecule has 2 aliphatic heterocycles. The highest BCUT2D eigenvalue weighted by Gasteiger charge is 2.38. The van der Waals surface area contributed by atoms with Crippen LogP contribution in [0.4, 0.5) is 22.7 Å². The van der Waals surface area contributed by atoms with E-state index in [2.05, 4.69) is 119 Å². The second-order valence-electron chi connectivity index (χ2n) is 9.94. The Balaban J connectivity index is 1.76. The number of rotatable bonds is 2. The van der Waals surface area contributed by atoms with Gasteiger partial charge in [-0.2, -0.15) is 0 Å². The fourth-order valence-corrected chi connectivity index (χ4v) is 5.72. The fourth-order valence-electron chi connectivity index (χ4n) is 5.72. The molecule has 0 amide bonds. The van der Waals surface area contributed by atoms with Gasteiger partial charge in [-0.3, -0.25) is 4.99 Å². The fraction of sp³-hybridized carbons (Fsp3) is 0.300. The highest BCUT2D eigenvalue weighted by atomic mass is 15.2. The molecule has 0 radical (unpaired) electrons. The monoisotopic (exact) mass is 420 g/mol. The highest BCUT2D eigenvalue weighted by Crippen LogP contribution is 2.53. The van der Waals surface area contributed by atoms with Crippen molar-refractivity contribution in [1.29, 1.82) is 0 Å². The van der Waals surface area contributed by atoms with E-state index in [4.69, 9.17) is 4.99 Å². The van der Waals surface area contributed by atoms with Gasteiger partial charge in [0.1, 0.15) is 0 Å². The van der Waals surface area contributed by atoms with Crippen molar-refractivity contribution in [3.05, 3.63) is 95.1 Å². The molecule has 2 heterocycles. The van der Waals surface area contributed by atoms with Crippen LogP contribution in [-0.4, -0.2) is 5.71 Å². The third-order valence-electron chi connectivity index (χ3n) is 7.41. The third-order valence-corrected chi connectivity index (χ3v) is 7.41. The van der Waals surface area contributed by atoms with Crippen LogP contribution in [0.5, 0.6) is 0 Å². The molecule has 2 aliphatic rings. The van der Waals surface area contributed by atoms with Crippen LogP contribution in [0, 0.1) is 0 Å². The lowest BCUT2D eigenvalue weighted by Gasteiger charge is -2.42. The molecular formula is C30H32N2. The third kappa shape index (κ3) is 2.82. The van der Waals surface area contributed by atoms with Crippen molar-refractivity contribution in [3.63, 3.8) is 0 Å². The first-order chi connectivity index (χ1) is 15.3. The van der Waals surface area contributed by atoms with Gasteiger partial charge in [0.15, 0.2) is 0 Å². The first-order valence-corrected chi connectivity index (χ1v) is 11.7. The Labute approximate surface area is 192 Å². The van der Waals surface area contributed by atoms with Crippen LogP contribution < -0.4 is 4.90 Å². The molecule has 5 rings (SSSR count). The molecule has 0 aliphatic carbocycles. The second kappa shape index (κ2) is 7.20. The molecule has 0 fully saturated rings. The second-order valence-corrected chi connectivity index (χ2v) is 9.94. The number of allylic oxidation sites excluding steroid dienone is 2. The van der Waals surface area contributed by atoms with Gasteiger partial charge in [-0.15, -0.1) is 0 Å². The predicted molar refractivity (Wildman–Crippen MR) is 137 cm³/mol. The first kappa shape index (κ1) is 20.8. The summed E-state index contributed by atoms with van der Waals surface area (Å²) in [6.45, 7) is 13.7. The Kier molecular flexibility index (Phi) is 4.67. The quantitative estimate of drug-likeness (QED) is 0.405. The lowest BCUT2D eigenvalue weighted by molar-refractivity contribution is 0.630. The highest BCUT2D eigenvalue weighted by molar-refractivity contribution is 6.06. The van der Waals surface area contributed by atoms with Crippen molar-refractivity contribution in [2.75, 3.05) is 4.90 Å². The maximum atomic E-state index is 5.04. The summed E-state index contributed by atoms with van der Waals surface area (Å²) < 4.78 is 0. The number of hydrogen-bond acceptors (Lipinski definition) is 2. The number of anilines is 3. The summed E-state index contributed by atoms with van der Waals surface area (Å²) in [5.74, 6) is 0. The summed E-state index contributed by atoms with van der Waals surface area (Å²) in [4.78, 5) is 7.47. The van der Waals surface area contributed by atoms with Crippen LogP contribution in [0.25, 0.3) is 0 Å². The Morgan fingerprint density at radius 3 is 1.94 bits per heavy atom. The SMILES string of the molecule is C/C=C1\C(CC)=Nc2ccc(N3c4ccccc4C(C)(C)c4ccccc43)cc2C1(C)C. The molecule has 0 saturated heterocycles. The van der Waals surface area contributed by atoms with E-state index in [1.807, 2.05) is 0 Å². The molecule has 2 nitrogen and oxygen atoms in total. The average molecular weight is 421 g/mol. The minimum Gasteiger partial charge on any atom is -0.310 e. The lowest BCUT2D eigenvalue weighted by Crippen LogP contribution is -2.31. The molecule has 32 heavy (non-hydrogen) atoms. The van der Waals surface area contributed by atoms with Crippen molar-refractivity contribution in [2.45, 2.75) is 58.8 Å². The Morgan fingerprint density at radius 1 is 0.781 bits per heavy atom. The van der Waals surface area contributed by atoms with Gasteiger partial charge in [-0.05, 0) is 65.9 Å². The molecule has 2 heteroatoms. The Hall–Kier alpha value is -3.13. The van der Waals surface area contributed by atoms with Crippen LogP contribution in [0.3, 0.4) is 0 Å². The van der Waals surface area contributed by atoms with Gasteiger partial charge in [-0.1, -0.05) is 77.1 Å². The summed E-state index contributed by atoms with van der Waals surface area (Å²) >= 11 is 0. The molecule has 0 aromatic heterocycles. The molecule has 0 bridgehead atoms. The van der Waals surface area contributed by atoms with Gasteiger partial charge in [0, 0.05) is 22.2 Å². The zero-order valence-electron chi connectivity index (χ0n) is 20.0. The van der Waals surface area contributed by atoms with Crippen molar-refractivity contribution < 1.29 is 0 Å². The van der Waals surface area contributed by atoms with Gasteiger partial charge < -0.3 is 4.90 Å². The maximum absolute atomic E-state index is 5.04. The van der Waals surface area contributed by atoms with Crippen LogP contribution in [0.1, 0.15) is 64.7 Å². The van der Waals surface area contributed by atoms with E-state index in [0.29, 0.717) is 0 Å². The summed E-state index contributed by atoms with van der Waals surface area (Å²) in [5.41, 5.74) is 11.2. The Morgan fingerprint density at radius 2 is 1.38 bits per heavy atom. The topological polar surface area (TPSA) is 15.6 Å². The standard InChI is InChI=1S/C30H32N2/c1-7-21-25(8-2)31-26-18-17-20(19-24(26)29(21,3)4)32-27-15-11-9-13-22(27)30(5,6)23-14-10-12-16-28(23)32/h7,9-19H,8H2,1-6H3/b21-7+. The smallest absolute Gasteiger partial charge is 0.0675 e. The molecule has 3 aromatic carbocycles. The number of aliphatic imine (C=N–C) groups is 1. The normalized spacial score (nSPS) is 19.1.